The largest absolute Gasteiger partial charge is 0.478 e. The molecule has 1 aromatic carbocycles. The average Bonchev–Trinajstić information content (AvgIpc) is 3.36. The molecule has 0 bridgehead atoms. The number of carboxylic acids is 1. The lowest BCUT2D eigenvalue weighted by Gasteiger charge is -2.28. The Bertz CT molecular complexity index is 1350. The van der Waals surface area contributed by atoms with Crippen LogP contribution < -0.4 is 5.73 Å². The van der Waals surface area contributed by atoms with Gasteiger partial charge in [-0.15, -0.1) is 6.42 Å². The van der Waals surface area contributed by atoms with Crippen LogP contribution in [0.15, 0.2) is 36.7 Å². The molecule has 3 aromatic rings. The summed E-state index contributed by atoms with van der Waals surface area (Å²) in [6, 6.07) is 10.1. The van der Waals surface area contributed by atoms with Crippen LogP contribution in [0.25, 0.3) is 11.2 Å². The number of aliphatic carboxylic acids is 1. The molecule has 12 nitrogen and oxygen atoms in total. The van der Waals surface area contributed by atoms with Gasteiger partial charge in [-0.1, -0.05) is 36.3 Å². The van der Waals surface area contributed by atoms with Gasteiger partial charge in [-0.25, -0.2) is 9.78 Å². The van der Waals surface area contributed by atoms with Crippen molar-refractivity contribution in [2.24, 2.45) is 0 Å². The molecule has 5 N–H and O–H groups in total. The SMILES string of the molecule is C#C[C@@]1(O)[C@@H](CO[C@](C#N)(Cc2ccccc2)C(=O)O)O[C@@H](n2cnc3c(N)nc(Cl)nc32)[C@@H]1O. The number of aromatic nitrogens is 4. The number of hydrogen-bond acceptors (Lipinski definition) is 10. The topological polar surface area (TPSA) is 190 Å². The number of terminal acetylenes is 1. The average molecular weight is 499 g/mol. The van der Waals surface area contributed by atoms with Crippen molar-refractivity contribution in [2.45, 2.75) is 36.1 Å². The highest BCUT2D eigenvalue weighted by Gasteiger charge is 2.57. The molecule has 0 aliphatic carbocycles. The number of halogens is 1. The second kappa shape index (κ2) is 9.11. The summed E-state index contributed by atoms with van der Waals surface area (Å²) in [5.41, 5.74) is 2.01. The van der Waals surface area contributed by atoms with Crippen LogP contribution in [0.5, 0.6) is 0 Å². The number of nitriles is 1. The molecule has 13 heteroatoms. The molecule has 0 radical (unpaired) electrons. The number of fused-ring (bicyclic) bond motifs is 1. The third-order valence-electron chi connectivity index (χ3n) is 5.75. The Hall–Kier alpha value is -3.78. The molecule has 180 valence electrons. The molecule has 5 atom stereocenters. The van der Waals surface area contributed by atoms with Gasteiger partial charge in [0.1, 0.15) is 23.8 Å². The van der Waals surface area contributed by atoms with E-state index >= 15 is 0 Å². The molecule has 1 aliphatic heterocycles. The number of benzene rings is 1. The van der Waals surface area contributed by atoms with Crippen LogP contribution >= 0.6 is 11.6 Å². The van der Waals surface area contributed by atoms with Gasteiger partial charge in [-0.3, -0.25) is 4.57 Å². The van der Waals surface area contributed by atoms with Crippen molar-refractivity contribution in [1.82, 2.24) is 19.5 Å². The first-order valence-electron chi connectivity index (χ1n) is 10.2. The van der Waals surface area contributed by atoms with E-state index in [0.29, 0.717) is 5.56 Å². The zero-order chi connectivity index (χ0) is 25.4. The summed E-state index contributed by atoms with van der Waals surface area (Å²) in [7, 11) is 0. The van der Waals surface area contributed by atoms with Gasteiger partial charge in [0.25, 0.3) is 5.60 Å². The van der Waals surface area contributed by atoms with E-state index in [1.165, 1.54) is 10.9 Å². The minimum absolute atomic E-state index is 0.0143. The van der Waals surface area contributed by atoms with Crippen molar-refractivity contribution >= 4 is 34.6 Å². The minimum Gasteiger partial charge on any atom is -0.478 e. The van der Waals surface area contributed by atoms with Crippen LogP contribution in [0.4, 0.5) is 5.82 Å². The third kappa shape index (κ3) is 4.14. The number of nitrogen functional groups attached to an aromatic ring is 1. The lowest BCUT2D eigenvalue weighted by molar-refractivity contribution is -0.166. The minimum atomic E-state index is -2.31. The van der Waals surface area contributed by atoms with Crippen LogP contribution in [0.2, 0.25) is 5.28 Å². The Morgan fingerprint density at radius 3 is 2.74 bits per heavy atom. The van der Waals surface area contributed by atoms with E-state index in [1.807, 2.05) is 0 Å². The van der Waals surface area contributed by atoms with E-state index in [0.717, 1.165) is 0 Å². The molecule has 1 saturated heterocycles. The standard InChI is InChI=1S/C22H19ClN6O6/c1-2-22(33)13(9-34-21(10-24,19(31)32)8-12-6-4-3-5-7-12)35-18(15(22)30)29-11-26-14-16(25)27-20(23)28-17(14)29/h1,3-7,11,13,15,18,30,33H,8-9H2,(H,31,32)(H2,25,27,28)/t13-,15+,18-,21+,22-/m1/s1. The van der Waals surface area contributed by atoms with Crippen LogP contribution in [-0.2, 0) is 20.7 Å². The van der Waals surface area contributed by atoms with Crippen LogP contribution in [0.1, 0.15) is 11.8 Å². The molecule has 3 heterocycles. The van der Waals surface area contributed by atoms with Crippen molar-refractivity contribution in [2.75, 3.05) is 12.3 Å². The summed E-state index contributed by atoms with van der Waals surface area (Å²) in [6.07, 6.45) is 2.00. The second-order valence-corrected chi connectivity index (χ2v) is 8.19. The lowest BCUT2D eigenvalue weighted by atomic mass is 9.92. The Morgan fingerprint density at radius 1 is 1.40 bits per heavy atom. The van der Waals surface area contributed by atoms with E-state index in [4.69, 9.17) is 33.2 Å². The van der Waals surface area contributed by atoms with Gasteiger partial charge in [0.05, 0.1) is 12.9 Å². The van der Waals surface area contributed by atoms with E-state index in [9.17, 15) is 25.4 Å². The number of aliphatic hydroxyl groups excluding tert-OH is 1. The smallest absolute Gasteiger partial charge is 0.351 e. The number of hydrogen-bond donors (Lipinski definition) is 4. The van der Waals surface area contributed by atoms with E-state index in [2.05, 4.69) is 20.9 Å². The van der Waals surface area contributed by atoms with Gasteiger partial charge in [0, 0.05) is 6.42 Å². The Balaban J connectivity index is 1.63. The first-order chi connectivity index (χ1) is 16.6. The van der Waals surface area contributed by atoms with E-state index in [-0.39, 0.29) is 28.7 Å². The molecular formula is C22H19ClN6O6. The summed E-state index contributed by atoms with van der Waals surface area (Å²) >= 11 is 5.89. The van der Waals surface area contributed by atoms with Crippen molar-refractivity contribution in [3.8, 4) is 18.4 Å². The zero-order valence-electron chi connectivity index (χ0n) is 17.9. The number of nitrogens with two attached hydrogens (primary N) is 1. The van der Waals surface area contributed by atoms with Crippen LogP contribution in [0, 0.1) is 23.7 Å². The number of aliphatic hydroxyl groups is 2. The van der Waals surface area contributed by atoms with Gasteiger partial charge < -0.3 is 30.5 Å². The van der Waals surface area contributed by atoms with Gasteiger partial charge in [-0.05, 0) is 17.2 Å². The Labute approximate surface area is 203 Å². The predicted octanol–water partition coefficient (Wildman–Crippen LogP) is 0.291. The fourth-order valence-electron chi connectivity index (χ4n) is 3.82. The van der Waals surface area contributed by atoms with Gasteiger partial charge >= 0.3 is 5.97 Å². The normalized spacial score (nSPS) is 25.6. The number of carbonyl (C=O) groups is 1. The quantitative estimate of drug-likeness (QED) is 0.258. The van der Waals surface area contributed by atoms with Gasteiger partial charge in [0.2, 0.25) is 5.28 Å². The highest BCUT2D eigenvalue weighted by atomic mass is 35.5. The molecule has 4 rings (SSSR count). The monoisotopic (exact) mass is 498 g/mol. The molecule has 2 aromatic heterocycles. The first kappa shape index (κ1) is 24.3. The summed E-state index contributed by atoms with van der Waals surface area (Å²) in [5, 5.41) is 41.2. The van der Waals surface area contributed by atoms with Crippen LogP contribution in [-0.4, -0.2) is 70.8 Å². The summed E-state index contributed by atoms with van der Waals surface area (Å²) in [4.78, 5) is 24.0. The Morgan fingerprint density at radius 2 is 2.11 bits per heavy atom. The zero-order valence-corrected chi connectivity index (χ0v) is 18.7. The number of imidazole rings is 1. The molecule has 1 fully saturated rings. The summed E-state index contributed by atoms with van der Waals surface area (Å²) in [6.45, 7) is -0.633. The highest BCUT2D eigenvalue weighted by Crippen LogP contribution is 2.39. The molecule has 35 heavy (non-hydrogen) atoms. The third-order valence-corrected chi connectivity index (χ3v) is 5.91. The maximum atomic E-state index is 12.0. The van der Waals surface area contributed by atoms with Crippen molar-refractivity contribution in [1.29, 1.82) is 5.26 Å². The van der Waals surface area contributed by atoms with Gasteiger partial charge in [-0.2, -0.15) is 15.2 Å². The van der Waals surface area contributed by atoms with Gasteiger partial charge in [0.15, 0.2) is 23.3 Å². The maximum absolute atomic E-state index is 12.0. The summed E-state index contributed by atoms with van der Waals surface area (Å²) in [5.74, 6) is 0.538. The summed E-state index contributed by atoms with van der Waals surface area (Å²) < 4.78 is 12.6. The number of rotatable bonds is 7. The predicted molar refractivity (Wildman–Crippen MR) is 121 cm³/mol. The molecule has 0 saturated carbocycles. The maximum Gasteiger partial charge on any atom is 0.351 e. The molecule has 0 spiro atoms. The second-order valence-electron chi connectivity index (χ2n) is 7.85. The number of anilines is 1. The number of nitrogens with zero attached hydrogens (tertiary/aromatic N) is 5. The molecule has 0 unspecified atom stereocenters. The number of carboxylic acid groups (broad SMARTS) is 1. The fraction of sp³-hybridized carbons (Fsp3) is 0.318. The van der Waals surface area contributed by atoms with Crippen LogP contribution in [0.3, 0.4) is 0 Å². The van der Waals surface area contributed by atoms with Crippen molar-refractivity contribution < 1.29 is 29.6 Å². The van der Waals surface area contributed by atoms with E-state index < -0.39 is 42.2 Å². The van der Waals surface area contributed by atoms with E-state index in [1.54, 1.807) is 36.4 Å². The number of ether oxygens (including phenoxy) is 2. The Kier molecular flexibility index (Phi) is 6.34. The fourth-order valence-corrected chi connectivity index (χ4v) is 3.99. The lowest BCUT2D eigenvalue weighted by Crippen LogP contribution is -2.51. The first-order valence-corrected chi connectivity index (χ1v) is 10.5. The van der Waals surface area contributed by atoms with Crippen molar-refractivity contribution in [3.63, 3.8) is 0 Å². The molecular weight excluding hydrogens is 480 g/mol. The molecule has 0 amide bonds. The highest BCUT2D eigenvalue weighted by molar-refractivity contribution is 6.28. The molecule has 1 aliphatic rings. The van der Waals surface area contributed by atoms with Crippen molar-refractivity contribution in [3.05, 3.63) is 47.5 Å².